The molecule has 11 heavy (non-hydrogen) atoms. The van der Waals surface area contributed by atoms with Gasteiger partial charge in [0.15, 0.2) is 0 Å². The third-order valence-corrected chi connectivity index (χ3v) is 1.12. The maximum absolute atomic E-state index is 4.15. The van der Waals surface area contributed by atoms with Gasteiger partial charge in [-0.1, -0.05) is 6.58 Å². The molecule has 64 valence electrons. The lowest BCUT2D eigenvalue weighted by Crippen LogP contribution is -2.28. The van der Waals surface area contributed by atoms with Crippen molar-refractivity contribution in [3.05, 3.63) is 12.4 Å². The number of nitrogens with zero attached hydrogens (tertiary/aromatic N) is 1. The highest BCUT2D eigenvalue weighted by molar-refractivity contribution is 5.80. The highest BCUT2D eigenvalue weighted by Crippen LogP contribution is 1.79. The Hall–Kier alpha value is -0.990. The number of hydrogen-bond acceptors (Lipinski definition) is 2. The Morgan fingerprint density at radius 3 is 2.55 bits per heavy atom. The van der Waals surface area contributed by atoms with Crippen molar-refractivity contribution in [3.63, 3.8) is 0 Å². The summed E-state index contributed by atoms with van der Waals surface area (Å²) in [7, 11) is 0. The van der Waals surface area contributed by atoms with Gasteiger partial charge >= 0.3 is 0 Å². The summed E-state index contributed by atoms with van der Waals surface area (Å²) in [4.78, 5) is 4.15. The second-order valence-corrected chi connectivity index (χ2v) is 2.19. The highest BCUT2D eigenvalue weighted by Gasteiger charge is 1.90. The molecule has 0 radical (unpaired) electrons. The van der Waals surface area contributed by atoms with Crippen LogP contribution in [0.5, 0.6) is 0 Å². The van der Waals surface area contributed by atoms with Crippen LogP contribution < -0.4 is 10.6 Å². The fourth-order valence-corrected chi connectivity index (χ4v) is 0.753. The molecule has 0 aromatic carbocycles. The van der Waals surface area contributed by atoms with Crippen molar-refractivity contribution in [2.75, 3.05) is 13.1 Å². The van der Waals surface area contributed by atoms with Gasteiger partial charge in [-0.3, -0.25) is 4.99 Å². The predicted molar refractivity (Wildman–Crippen MR) is 49.6 cm³/mol. The lowest BCUT2D eigenvalue weighted by atomic mass is 10.6. The third-order valence-electron chi connectivity index (χ3n) is 1.12. The lowest BCUT2D eigenvalue weighted by molar-refractivity contribution is 0.803. The molecule has 0 unspecified atom stereocenters. The summed E-state index contributed by atoms with van der Waals surface area (Å²) in [5.74, 6) is 1.71. The third kappa shape index (κ3) is 5.45. The average Bonchev–Trinajstić information content (AvgIpc) is 1.87. The first-order valence-electron chi connectivity index (χ1n) is 3.91. The van der Waals surface area contributed by atoms with E-state index >= 15 is 0 Å². The Bertz CT molecular complexity index is 149. The van der Waals surface area contributed by atoms with Crippen molar-refractivity contribution in [1.82, 2.24) is 10.6 Å². The Kier molecular flexibility index (Phi) is 5.25. The molecule has 0 spiro atoms. The summed E-state index contributed by atoms with van der Waals surface area (Å²) in [5.41, 5.74) is 0. The second-order valence-electron chi connectivity index (χ2n) is 2.19. The Morgan fingerprint density at radius 1 is 1.45 bits per heavy atom. The molecule has 0 rings (SSSR count). The summed E-state index contributed by atoms with van der Waals surface area (Å²) < 4.78 is 0. The zero-order valence-electron chi connectivity index (χ0n) is 7.57. The molecule has 0 aliphatic heterocycles. The number of nitrogens with one attached hydrogen (secondary N) is 2. The van der Waals surface area contributed by atoms with Crippen molar-refractivity contribution in [1.29, 1.82) is 0 Å². The monoisotopic (exact) mass is 155 g/mol. The molecule has 0 aliphatic carbocycles. The first kappa shape index (κ1) is 10.0. The zero-order valence-corrected chi connectivity index (χ0v) is 7.57. The molecule has 0 aromatic heterocycles. The van der Waals surface area contributed by atoms with Crippen molar-refractivity contribution < 1.29 is 0 Å². The van der Waals surface area contributed by atoms with Gasteiger partial charge in [0, 0.05) is 13.1 Å². The van der Waals surface area contributed by atoms with E-state index in [2.05, 4.69) is 22.2 Å². The smallest absolute Gasteiger partial charge is 0.0986 e. The van der Waals surface area contributed by atoms with E-state index in [-0.39, 0.29) is 0 Å². The van der Waals surface area contributed by atoms with Crippen LogP contribution >= 0.6 is 0 Å². The number of amidine groups is 1. The van der Waals surface area contributed by atoms with Crippen LogP contribution in [-0.2, 0) is 0 Å². The van der Waals surface area contributed by atoms with Crippen LogP contribution in [0.25, 0.3) is 0 Å². The topological polar surface area (TPSA) is 36.4 Å². The van der Waals surface area contributed by atoms with Crippen LogP contribution in [0.4, 0.5) is 0 Å². The summed E-state index contributed by atoms with van der Waals surface area (Å²) in [5, 5.41) is 6.07. The largest absolute Gasteiger partial charge is 0.372 e. The molecule has 0 saturated heterocycles. The van der Waals surface area contributed by atoms with E-state index in [0.717, 1.165) is 24.7 Å². The Balaban J connectivity index is 3.66. The van der Waals surface area contributed by atoms with Crippen LogP contribution in [0.15, 0.2) is 17.4 Å². The first-order valence-corrected chi connectivity index (χ1v) is 3.91. The van der Waals surface area contributed by atoms with Gasteiger partial charge < -0.3 is 10.6 Å². The van der Waals surface area contributed by atoms with Gasteiger partial charge in [-0.25, -0.2) is 0 Å². The molecule has 3 nitrogen and oxygen atoms in total. The zero-order chi connectivity index (χ0) is 8.69. The molecular weight excluding hydrogens is 138 g/mol. The van der Waals surface area contributed by atoms with Gasteiger partial charge in [-0.05, 0) is 20.8 Å². The normalized spacial score (nSPS) is 11.0. The summed E-state index contributed by atoms with van der Waals surface area (Å²) in [6.07, 6.45) is 0. The SMILES string of the molecule is C=C(NCC)NC(C)=NCC. The second kappa shape index (κ2) is 5.77. The van der Waals surface area contributed by atoms with Crippen LogP contribution in [-0.4, -0.2) is 18.9 Å². The van der Waals surface area contributed by atoms with Crippen LogP contribution in [0, 0.1) is 0 Å². The molecule has 0 fully saturated rings. The summed E-state index contributed by atoms with van der Waals surface area (Å²) in [6.45, 7) is 11.4. The van der Waals surface area contributed by atoms with E-state index in [1.54, 1.807) is 0 Å². The van der Waals surface area contributed by atoms with Gasteiger partial charge in [0.2, 0.25) is 0 Å². The minimum absolute atomic E-state index is 0.804. The van der Waals surface area contributed by atoms with Gasteiger partial charge in [-0.15, -0.1) is 0 Å². The molecule has 0 aliphatic rings. The number of hydrogen-bond donors (Lipinski definition) is 2. The van der Waals surface area contributed by atoms with Gasteiger partial charge in [0.1, 0.15) is 0 Å². The van der Waals surface area contributed by atoms with Crippen molar-refractivity contribution in [2.24, 2.45) is 4.99 Å². The maximum atomic E-state index is 4.15. The molecule has 0 heterocycles. The Morgan fingerprint density at radius 2 is 2.09 bits per heavy atom. The van der Waals surface area contributed by atoms with E-state index in [9.17, 15) is 0 Å². The molecule has 0 saturated carbocycles. The molecule has 0 atom stereocenters. The van der Waals surface area contributed by atoms with Crippen LogP contribution in [0.3, 0.4) is 0 Å². The average molecular weight is 155 g/mol. The first-order chi connectivity index (χ1) is 5.20. The molecule has 0 amide bonds. The lowest BCUT2D eigenvalue weighted by Gasteiger charge is -2.09. The van der Waals surface area contributed by atoms with E-state index in [1.165, 1.54) is 0 Å². The number of rotatable bonds is 4. The fourth-order valence-electron chi connectivity index (χ4n) is 0.753. The van der Waals surface area contributed by atoms with E-state index in [4.69, 9.17) is 0 Å². The quantitative estimate of drug-likeness (QED) is 0.471. The summed E-state index contributed by atoms with van der Waals surface area (Å²) in [6, 6.07) is 0. The fraction of sp³-hybridized carbons (Fsp3) is 0.625. The van der Waals surface area contributed by atoms with E-state index in [0.29, 0.717) is 0 Å². The molecule has 0 aromatic rings. The van der Waals surface area contributed by atoms with Gasteiger partial charge in [0.05, 0.1) is 11.7 Å². The maximum Gasteiger partial charge on any atom is 0.0986 e. The van der Waals surface area contributed by atoms with E-state index in [1.807, 2.05) is 20.8 Å². The standard InChI is InChI=1S/C8H17N3/c1-5-9-7(3)11-8(4)10-6-2/h9H,3,5-6H2,1-2,4H3,(H,10,11). The molecular formula is C8H17N3. The Labute approximate surface area is 68.6 Å². The molecule has 0 bridgehead atoms. The van der Waals surface area contributed by atoms with Crippen molar-refractivity contribution in [3.8, 4) is 0 Å². The van der Waals surface area contributed by atoms with Crippen LogP contribution in [0.2, 0.25) is 0 Å². The predicted octanol–water partition coefficient (Wildman–Crippen LogP) is 1.09. The van der Waals surface area contributed by atoms with Crippen molar-refractivity contribution >= 4 is 5.84 Å². The van der Waals surface area contributed by atoms with Gasteiger partial charge in [-0.2, -0.15) is 0 Å². The van der Waals surface area contributed by atoms with E-state index < -0.39 is 0 Å². The minimum atomic E-state index is 0.804. The van der Waals surface area contributed by atoms with Gasteiger partial charge in [0.25, 0.3) is 0 Å². The molecule has 2 N–H and O–H groups in total. The summed E-state index contributed by atoms with van der Waals surface area (Å²) >= 11 is 0. The minimum Gasteiger partial charge on any atom is -0.372 e. The highest BCUT2D eigenvalue weighted by atomic mass is 15.1. The molecule has 3 heteroatoms. The van der Waals surface area contributed by atoms with Crippen molar-refractivity contribution in [2.45, 2.75) is 20.8 Å². The van der Waals surface area contributed by atoms with Crippen LogP contribution in [0.1, 0.15) is 20.8 Å². The number of aliphatic imine (C=N–C) groups is 1.